The zero-order valence-corrected chi connectivity index (χ0v) is 12.6. The molecular formula is C16H19N5. The van der Waals surface area contributed by atoms with Gasteiger partial charge in [0.2, 0.25) is 0 Å². The Morgan fingerprint density at radius 3 is 2.67 bits per heavy atom. The third kappa shape index (κ3) is 2.64. The van der Waals surface area contributed by atoms with Crippen LogP contribution in [0.25, 0.3) is 16.6 Å². The Morgan fingerprint density at radius 2 is 1.95 bits per heavy atom. The van der Waals surface area contributed by atoms with Gasteiger partial charge in [-0.25, -0.2) is 9.97 Å². The second kappa shape index (κ2) is 5.61. The summed E-state index contributed by atoms with van der Waals surface area (Å²) in [6, 6.07) is 10.4. The molecule has 0 atom stereocenters. The summed E-state index contributed by atoms with van der Waals surface area (Å²) in [6.45, 7) is 7.61. The van der Waals surface area contributed by atoms with Crippen molar-refractivity contribution in [2.24, 2.45) is 0 Å². The van der Waals surface area contributed by atoms with Crippen LogP contribution in [-0.4, -0.2) is 26.3 Å². The maximum Gasteiger partial charge on any atom is 0.163 e. The first-order valence-corrected chi connectivity index (χ1v) is 7.19. The van der Waals surface area contributed by atoms with Crippen LogP contribution >= 0.6 is 0 Å². The van der Waals surface area contributed by atoms with Gasteiger partial charge in [0.25, 0.3) is 0 Å². The summed E-state index contributed by atoms with van der Waals surface area (Å²) >= 11 is 0. The minimum absolute atomic E-state index is 0.751. The molecular weight excluding hydrogens is 262 g/mol. The molecule has 0 saturated heterocycles. The van der Waals surface area contributed by atoms with Gasteiger partial charge in [0.15, 0.2) is 5.82 Å². The van der Waals surface area contributed by atoms with Crippen molar-refractivity contribution in [2.45, 2.75) is 27.3 Å². The SMILES string of the molecule is CCNCc1cc2ccccc2c(-n2nc(C)nc2C)n1. The first kappa shape index (κ1) is 13.7. The summed E-state index contributed by atoms with van der Waals surface area (Å²) in [5.41, 5.74) is 1.01. The fraction of sp³-hybridized carbons (Fsp3) is 0.312. The third-order valence-corrected chi connectivity index (χ3v) is 3.40. The predicted octanol–water partition coefficient (Wildman–Crippen LogP) is 2.54. The molecule has 1 aromatic carbocycles. The van der Waals surface area contributed by atoms with Gasteiger partial charge in [-0.15, -0.1) is 5.10 Å². The first-order valence-electron chi connectivity index (χ1n) is 7.19. The summed E-state index contributed by atoms with van der Waals surface area (Å²) in [4.78, 5) is 9.16. The third-order valence-electron chi connectivity index (χ3n) is 3.40. The van der Waals surface area contributed by atoms with Crippen molar-refractivity contribution in [3.8, 4) is 5.82 Å². The van der Waals surface area contributed by atoms with E-state index in [2.05, 4.69) is 40.5 Å². The Kier molecular flexibility index (Phi) is 3.66. The van der Waals surface area contributed by atoms with Crippen LogP contribution in [0.2, 0.25) is 0 Å². The van der Waals surface area contributed by atoms with E-state index in [-0.39, 0.29) is 0 Å². The highest BCUT2D eigenvalue weighted by Crippen LogP contribution is 2.22. The number of benzene rings is 1. The van der Waals surface area contributed by atoms with Crippen LogP contribution in [-0.2, 0) is 6.54 Å². The number of hydrogen-bond acceptors (Lipinski definition) is 4. The second-order valence-electron chi connectivity index (χ2n) is 5.06. The van der Waals surface area contributed by atoms with Gasteiger partial charge in [0, 0.05) is 11.9 Å². The van der Waals surface area contributed by atoms with Crippen molar-refractivity contribution in [1.29, 1.82) is 0 Å². The molecule has 5 nitrogen and oxygen atoms in total. The molecule has 5 heteroatoms. The molecule has 1 N–H and O–H groups in total. The quantitative estimate of drug-likeness (QED) is 0.798. The van der Waals surface area contributed by atoms with Crippen LogP contribution in [0.3, 0.4) is 0 Å². The molecule has 0 bridgehead atoms. The number of nitrogens with zero attached hydrogens (tertiary/aromatic N) is 4. The van der Waals surface area contributed by atoms with E-state index >= 15 is 0 Å². The summed E-state index contributed by atoms with van der Waals surface area (Å²) in [5.74, 6) is 2.46. The smallest absolute Gasteiger partial charge is 0.163 e. The number of aryl methyl sites for hydroxylation is 2. The monoisotopic (exact) mass is 281 g/mol. The zero-order chi connectivity index (χ0) is 14.8. The van der Waals surface area contributed by atoms with Crippen molar-refractivity contribution >= 4 is 10.8 Å². The Labute approximate surface area is 124 Å². The fourth-order valence-electron chi connectivity index (χ4n) is 2.46. The summed E-state index contributed by atoms with van der Waals surface area (Å²) in [6.07, 6.45) is 0. The summed E-state index contributed by atoms with van der Waals surface area (Å²) in [5, 5.41) is 10.1. The number of fused-ring (bicyclic) bond motifs is 1. The molecule has 0 radical (unpaired) electrons. The van der Waals surface area contributed by atoms with E-state index in [1.54, 1.807) is 0 Å². The van der Waals surface area contributed by atoms with E-state index < -0.39 is 0 Å². The van der Waals surface area contributed by atoms with Crippen LogP contribution in [0.4, 0.5) is 0 Å². The molecule has 3 aromatic rings. The van der Waals surface area contributed by atoms with Crippen molar-refractivity contribution < 1.29 is 0 Å². The minimum Gasteiger partial charge on any atom is -0.311 e. The number of pyridine rings is 1. The van der Waals surface area contributed by atoms with E-state index in [0.717, 1.165) is 41.6 Å². The lowest BCUT2D eigenvalue weighted by Crippen LogP contribution is -2.14. The second-order valence-corrected chi connectivity index (χ2v) is 5.06. The molecule has 0 unspecified atom stereocenters. The summed E-state index contributed by atoms with van der Waals surface area (Å²) in [7, 11) is 0. The van der Waals surface area contributed by atoms with Crippen LogP contribution in [0, 0.1) is 13.8 Å². The van der Waals surface area contributed by atoms with E-state index in [4.69, 9.17) is 4.98 Å². The van der Waals surface area contributed by atoms with E-state index in [1.807, 2.05) is 30.7 Å². The number of nitrogens with one attached hydrogen (secondary N) is 1. The highest BCUT2D eigenvalue weighted by atomic mass is 15.4. The van der Waals surface area contributed by atoms with E-state index in [1.165, 1.54) is 5.39 Å². The maximum absolute atomic E-state index is 4.78. The average Bonchev–Trinajstić information content (AvgIpc) is 2.82. The molecule has 108 valence electrons. The van der Waals surface area contributed by atoms with Crippen molar-refractivity contribution in [3.63, 3.8) is 0 Å². The molecule has 0 aliphatic rings. The highest BCUT2D eigenvalue weighted by molar-refractivity contribution is 5.88. The predicted molar refractivity (Wildman–Crippen MR) is 83.5 cm³/mol. The Bertz CT molecular complexity index is 775. The van der Waals surface area contributed by atoms with Gasteiger partial charge in [-0.2, -0.15) is 4.68 Å². The summed E-state index contributed by atoms with van der Waals surface area (Å²) < 4.78 is 1.83. The van der Waals surface area contributed by atoms with E-state index in [9.17, 15) is 0 Å². The maximum atomic E-state index is 4.78. The van der Waals surface area contributed by atoms with Crippen molar-refractivity contribution in [3.05, 3.63) is 47.7 Å². The lowest BCUT2D eigenvalue weighted by Gasteiger charge is -2.10. The lowest BCUT2D eigenvalue weighted by atomic mass is 10.1. The molecule has 0 aliphatic heterocycles. The molecule has 0 saturated carbocycles. The number of aromatic nitrogens is 4. The van der Waals surface area contributed by atoms with Crippen molar-refractivity contribution in [1.82, 2.24) is 25.1 Å². The Hall–Kier alpha value is -2.27. The van der Waals surface area contributed by atoms with Crippen molar-refractivity contribution in [2.75, 3.05) is 6.54 Å². The topological polar surface area (TPSA) is 55.6 Å². The molecule has 0 aliphatic carbocycles. The molecule has 2 heterocycles. The minimum atomic E-state index is 0.751. The molecule has 0 fully saturated rings. The average molecular weight is 281 g/mol. The Morgan fingerprint density at radius 1 is 1.14 bits per heavy atom. The molecule has 2 aromatic heterocycles. The van der Waals surface area contributed by atoms with Crippen LogP contribution in [0.1, 0.15) is 24.3 Å². The van der Waals surface area contributed by atoms with Gasteiger partial charge in [-0.3, -0.25) is 0 Å². The van der Waals surface area contributed by atoms with Gasteiger partial charge in [0.05, 0.1) is 5.69 Å². The molecule has 0 amide bonds. The van der Waals surface area contributed by atoms with Gasteiger partial charge >= 0.3 is 0 Å². The standard InChI is InChI=1S/C16H19N5/c1-4-17-10-14-9-13-7-5-6-8-15(13)16(19-14)21-12(3)18-11(2)20-21/h5-9,17H,4,10H2,1-3H3. The lowest BCUT2D eigenvalue weighted by molar-refractivity contribution is 0.704. The number of rotatable bonds is 4. The van der Waals surface area contributed by atoms with Crippen LogP contribution < -0.4 is 5.32 Å². The van der Waals surface area contributed by atoms with Gasteiger partial charge in [-0.05, 0) is 31.8 Å². The molecule has 21 heavy (non-hydrogen) atoms. The Balaban J connectivity index is 2.21. The highest BCUT2D eigenvalue weighted by Gasteiger charge is 2.12. The normalized spacial score (nSPS) is 11.2. The molecule has 0 spiro atoms. The van der Waals surface area contributed by atoms with Gasteiger partial charge in [0.1, 0.15) is 11.6 Å². The van der Waals surface area contributed by atoms with Gasteiger partial charge in [-0.1, -0.05) is 31.2 Å². The van der Waals surface area contributed by atoms with Gasteiger partial charge < -0.3 is 5.32 Å². The van der Waals surface area contributed by atoms with E-state index in [0.29, 0.717) is 0 Å². The molecule has 3 rings (SSSR count). The first-order chi connectivity index (χ1) is 10.2. The largest absolute Gasteiger partial charge is 0.311 e. The van der Waals surface area contributed by atoms with Crippen LogP contribution in [0.5, 0.6) is 0 Å². The fourth-order valence-corrected chi connectivity index (χ4v) is 2.46. The zero-order valence-electron chi connectivity index (χ0n) is 12.6. The number of hydrogen-bond donors (Lipinski definition) is 1. The van der Waals surface area contributed by atoms with Crippen LogP contribution in [0.15, 0.2) is 30.3 Å².